The zero-order valence-electron chi connectivity index (χ0n) is 12.5. The second-order valence-corrected chi connectivity index (χ2v) is 5.87. The molecule has 2 heterocycles. The van der Waals surface area contributed by atoms with E-state index in [4.69, 9.17) is 4.74 Å². The van der Waals surface area contributed by atoms with Gasteiger partial charge in [-0.05, 0) is 45.3 Å². The molecule has 5 nitrogen and oxygen atoms in total. The second-order valence-electron chi connectivity index (χ2n) is 5.07. The molecule has 0 amide bonds. The number of pyridine rings is 1. The highest BCUT2D eigenvalue weighted by Crippen LogP contribution is 2.18. The summed E-state index contributed by atoms with van der Waals surface area (Å²) in [6.07, 6.45) is 4.80. The summed E-state index contributed by atoms with van der Waals surface area (Å²) in [4.78, 5) is 20.6. The highest BCUT2D eigenvalue weighted by Gasteiger charge is 2.11. The third kappa shape index (κ3) is 3.86. The molecular formula is C17H13BrFN3O2. The number of benzene rings is 1. The van der Waals surface area contributed by atoms with Crippen LogP contribution in [0.25, 0.3) is 0 Å². The molecule has 0 bridgehead atoms. The summed E-state index contributed by atoms with van der Waals surface area (Å²) in [7, 11) is 0. The Morgan fingerprint density at radius 2 is 1.96 bits per heavy atom. The van der Waals surface area contributed by atoms with Gasteiger partial charge in [0.25, 0.3) is 5.56 Å². The largest absolute Gasteiger partial charge is 0.472 e. The predicted octanol–water partition coefficient (Wildman–Crippen LogP) is 3.17. The van der Waals surface area contributed by atoms with Gasteiger partial charge in [-0.15, -0.1) is 0 Å². The van der Waals surface area contributed by atoms with E-state index in [1.165, 1.54) is 23.0 Å². The van der Waals surface area contributed by atoms with Crippen LogP contribution in [0.15, 0.2) is 64.4 Å². The third-order valence-corrected chi connectivity index (χ3v) is 3.99. The van der Waals surface area contributed by atoms with Crippen LogP contribution in [0, 0.1) is 5.82 Å². The Hall–Kier alpha value is -2.54. The van der Waals surface area contributed by atoms with E-state index in [0.717, 1.165) is 11.1 Å². The van der Waals surface area contributed by atoms with Crippen molar-refractivity contribution in [2.24, 2.45) is 0 Å². The molecule has 3 aromatic rings. The molecule has 0 aliphatic rings. The molecule has 122 valence electrons. The van der Waals surface area contributed by atoms with Gasteiger partial charge < -0.3 is 4.74 Å². The Balaban J connectivity index is 1.75. The number of halogens is 2. The molecule has 0 aliphatic heterocycles. The maximum absolute atomic E-state index is 12.9. The molecule has 0 atom stereocenters. The van der Waals surface area contributed by atoms with E-state index in [1.54, 1.807) is 24.5 Å². The van der Waals surface area contributed by atoms with Crippen molar-refractivity contribution >= 4 is 15.9 Å². The summed E-state index contributed by atoms with van der Waals surface area (Å²) in [6, 6.07) is 9.63. The first kappa shape index (κ1) is 16.3. The van der Waals surface area contributed by atoms with Crippen LogP contribution in [0.2, 0.25) is 0 Å². The van der Waals surface area contributed by atoms with Crippen molar-refractivity contribution in [1.29, 1.82) is 0 Å². The number of rotatable bonds is 5. The highest BCUT2D eigenvalue weighted by atomic mass is 79.9. The first-order chi connectivity index (χ1) is 11.6. The minimum absolute atomic E-state index is 0.192. The number of hydrogen-bond acceptors (Lipinski definition) is 4. The van der Waals surface area contributed by atoms with Crippen molar-refractivity contribution in [3.05, 3.63) is 86.9 Å². The zero-order chi connectivity index (χ0) is 16.9. The molecule has 3 rings (SSSR count). The summed E-state index contributed by atoms with van der Waals surface area (Å²) in [5.74, 6) is -0.109. The van der Waals surface area contributed by atoms with Crippen molar-refractivity contribution in [2.75, 3.05) is 0 Å². The first-order valence-electron chi connectivity index (χ1n) is 7.14. The molecule has 0 fully saturated rings. The van der Waals surface area contributed by atoms with Gasteiger partial charge in [0.2, 0.25) is 5.88 Å². The SMILES string of the molecule is O=c1c(Br)c(OCc2ccc(F)cc2)ncn1Cc1cccnc1. The fourth-order valence-electron chi connectivity index (χ4n) is 2.08. The predicted molar refractivity (Wildman–Crippen MR) is 90.3 cm³/mol. The van der Waals surface area contributed by atoms with Crippen LogP contribution in [0.5, 0.6) is 5.88 Å². The normalized spacial score (nSPS) is 10.6. The van der Waals surface area contributed by atoms with Crippen LogP contribution in [-0.2, 0) is 13.2 Å². The second kappa shape index (κ2) is 7.35. The van der Waals surface area contributed by atoms with Crippen molar-refractivity contribution in [3.63, 3.8) is 0 Å². The molecule has 2 aromatic heterocycles. The Morgan fingerprint density at radius 1 is 1.17 bits per heavy atom. The van der Waals surface area contributed by atoms with Gasteiger partial charge in [0, 0.05) is 12.4 Å². The molecule has 7 heteroatoms. The third-order valence-electron chi connectivity index (χ3n) is 3.32. The van der Waals surface area contributed by atoms with E-state index in [-0.39, 0.29) is 28.3 Å². The average molecular weight is 390 g/mol. The van der Waals surface area contributed by atoms with Crippen molar-refractivity contribution in [1.82, 2.24) is 14.5 Å². The fourth-order valence-corrected chi connectivity index (χ4v) is 2.53. The smallest absolute Gasteiger partial charge is 0.271 e. The maximum Gasteiger partial charge on any atom is 0.271 e. The van der Waals surface area contributed by atoms with Crippen LogP contribution in [0.1, 0.15) is 11.1 Å². The Kier molecular flexibility index (Phi) is 5.00. The van der Waals surface area contributed by atoms with Crippen LogP contribution < -0.4 is 10.3 Å². The lowest BCUT2D eigenvalue weighted by Gasteiger charge is -2.10. The summed E-state index contributed by atoms with van der Waals surface area (Å²) < 4.78 is 20.1. The Morgan fingerprint density at radius 3 is 2.67 bits per heavy atom. The Bertz CT molecular complexity index is 883. The number of aromatic nitrogens is 3. The molecule has 0 saturated carbocycles. The van der Waals surface area contributed by atoms with E-state index in [1.807, 2.05) is 12.1 Å². The standard InChI is InChI=1S/C17H13BrFN3O2/c18-15-16(24-10-12-3-5-14(19)6-4-12)21-11-22(17(15)23)9-13-2-1-7-20-8-13/h1-8,11H,9-10H2. The lowest BCUT2D eigenvalue weighted by molar-refractivity contribution is 0.289. The zero-order valence-corrected chi connectivity index (χ0v) is 14.1. The number of hydrogen-bond donors (Lipinski definition) is 0. The quantitative estimate of drug-likeness (QED) is 0.672. The molecule has 0 unspecified atom stereocenters. The Labute approximate surface area is 145 Å². The molecule has 1 aromatic carbocycles. The van der Waals surface area contributed by atoms with Crippen LogP contribution >= 0.6 is 15.9 Å². The van der Waals surface area contributed by atoms with Gasteiger partial charge >= 0.3 is 0 Å². The molecule has 0 N–H and O–H groups in total. The van der Waals surface area contributed by atoms with E-state index in [9.17, 15) is 9.18 Å². The van der Waals surface area contributed by atoms with Gasteiger partial charge in [-0.3, -0.25) is 14.3 Å². The van der Waals surface area contributed by atoms with E-state index < -0.39 is 0 Å². The molecule has 24 heavy (non-hydrogen) atoms. The summed E-state index contributed by atoms with van der Waals surface area (Å²) in [6.45, 7) is 0.564. The first-order valence-corrected chi connectivity index (χ1v) is 7.94. The van der Waals surface area contributed by atoms with Gasteiger partial charge in [-0.2, -0.15) is 0 Å². The molecular weight excluding hydrogens is 377 g/mol. The highest BCUT2D eigenvalue weighted by molar-refractivity contribution is 9.10. The van der Waals surface area contributed by atoms with Gasteiger partial charge in [-0.25, -0.2) is 9.37 Å². The summed E-state index contributed by atoms with van der Waals surface area (Å²) in [5, 5.41) is 0. The number of ether oxygens (including phenoxy) is 1. The summed E-state index contributed by atoms with van der Waals surface area (Å²) in [5.41, 5.74) is 1.43. The van der Waals surface area contributed by atoms with Gasteiger partial charge in [0.05, 0.1) is 6.54 Å². The van der Waals surface area contributed by atoms with Gasteiger partial charge in [-0.1, -0.05) is 18.2 Å². The average Bonchev–Trinajstić information content (AvgIpc) is 2.61. The molecule has 0 aliphatic carbocycles. The molecule has 0 spiro atoms. The van der Waals surface area contributed by atoms with Crippen molar-refractivity contribution in [2.45, 2.75) is 13.2 Å². The monoisotopic (exact) mass is 389 g/mol. The van der Waals surface area contributed by atoms with Gasteiger partial charge in [0.15, 0.2) is 0 Å². The molecule has 0 radical (unpaired) electrons. The van der Waals surface area contributed by atoms with E-state index in [2.05, 4.69) is 25.9 Å². The van der Waals surface area contributed by atoms with Gasteiger partial charge in [0.1, 0.15) is 23.2 Å². The van der Waals surface area contributed by atoms with Crippen molar-refractivity contribution < 1.29 is 9.13 Å². The van der Waals surface area contributed by atoms with E-state index >= 15 is 0 Å². The van der Waals surface area contributed by atoms with Crippen molar-refractivity contribution in [3.8, 4) is 5.88 Å². The lowest BCUT2D eigenvalue weighted by Crippen LogP contribution is -2.22. The maximum atomic E-state index is 12.9. The van der Waals surface area contributed by atoms with Crippen LogP contribution in [0.4, 0.5) is 4.39 Å². The minimum atomic E-state index is -0.309. The number of nitrogens with zero attached hydrogens (tertiary/aromatic N) is 3. The topological polar surface area (TPSA) is 57.0 Å². The lowest BCUT2D eigenvalue weighted by atomic mass is 10.2. The fraction of sp³-hybridized carbons (Fsp3) is 0.118. The minimum Gasteiger partial charge on any atom is -0.472 e. The van der Waals surface area contributed by atoms with Crippen LogP contribution in [-0.4, -0.2) is 14.5 Å². The van der Waals surface area contributed by atoms with Crippen LogP contribution in [0.3, 0.4) is 0 Å². The van der Waals surface area contributed by atoms with E-state index in [0.29, 0.717) is 6.54 Å². The summed E-state index contributed by atoms with van der Waals surface area (Å²) >= 11 is 3.23. The molecule has 0 saturated heterocycles.